The molecule has 0 spiro atoms. The highest BCUT2D eigenvalue weighted by Crippen LogP contribution is 2.25. The van der Waals surface area contributed by atoms with Crippen LogP contribution in [0.5, 0.6) is 0 Å². The molecule has 0 aromatic rings. The van der Waals surface area contributed by atoms with E-state index >= 15 is 0 Å². The molecule has 1 unspecified atom stereocenters. The Morgan fingerprint density at radius 3 is 2.54 bits per heavy atom. The summed E-state index contributed by atoms with van der Waals surface area (Å²) in [4.78, 5) is 11.6. The normalized spacial score (nSPS) is 28.2. The molecule has 1 atom stereocenters. The third kappa shape index (κ3) is 1.88. The Balaban J connectivity index is 2.85. The zero-order valence-corrected chi connectivity index (χ0v) is 8.53. The van der Waals surface area contributed by atoms with Gasteiger partial charge in [-0.05, 0) is 13.8 Å². The first-order chi connectivity index (χ1) is 5.84. The van der Waals surface area contributed by atoms with Crippen LogP contribution in [0.2, 0.25) is 0 Å². The second-order valence-electron chi connectivity index (χ2n) is 4.03. The number of aliphatic hydroxyl groups is 1. The molecular formula is C9H16N2O2. The number of hydrogen-bond acceptors (Lipinski definition) is 3. The average Bonchev–Trinajstić information content (AvgIpc) is 2.22. The minimum atomic E-state index is -1.13. The van der Waals surface area contributed by atoms with E-state index in [9.17, 15) is 9.90 Å². The topological polar surface area (TPSA) is 52.9 Å². The van der Waals surface area contributed by atoms with E-state index in [0.717, 1.165) is 5.71 Å². The lowest BCUT2D eigenvalue weighted by molar-refractivity contribution is -0.155. The summed E-state index contributed by atoms with van der Waals surface area (Å²) in [6, 6.07) is 0. The van der Waals surface area contributed by atoms with Crippen molar-refractivity contribution in [1.29, 1.82) is 0 Å². The lowest BCUT2D eigenvalue weighted by Crippen LogP contribution is -2.44. The monoisotopic (exact) mass is 184 g/mol. The predicted octanol–water partition coefficient (Wildman–Crippen LogP) is 0.959. The summed E-state index contributed by atoms with van der Waals surface area (Å²) < 4.78 is 0. The van der Waals surface area contributed by atoms with Crippen LogP contribution in [0, 0.1) is 5.92 Å². The van der Waals surface area contributed by atoms with Crippen molar-refractivity contribution in [3.05, 3.63) is 0 Å². The van der Waals surface area contributed by atoms with Gasteiger partial charge in [0.15, 0.2) is 5.72 Å². The van der Waals surface area contributed by atoms with Gasteiger partial charge in [0.1, 0.15) is 0 Å². The molecule has 1 amide bonds. The number of rotatable bonds is 1. The summed E-state index contributed by atoms with van der Waals surface area (Å²) in [5.41, 5.74) is -0.343. The molecule has 0 saturated carbocycles. The van der Waals surface area contributed by atoms with Gasteiger partial charge >= 0.3 is 0 Å². The van der Waals surface area contributed by atoms with Gasteiger partial charge in [0.2, 0.25) is 5.91 Å². The fourth-order valence-corrected chi connectivity index (χ4v) is 1.40. The van der Waals surface area contributed by atoms with Crippen LogP contribution in [-0.4, -0.2) is 27.5 Å². The van der Waals surface area contributed by atoms with Crippen LogP contribution in [0.15, 0.2) is 5.10 Å². The Labute approximate surface area is 78.2 Å². The number of nitrogens with zero attached hydrogens (tertiary/aromatic N) is 2. The van der Waals surface area contributed by atoms with Crippen LogP contribution in [-0.2, 0) is 4.79 Å². The Hall–Kier alpha value is -0.900. The predicted molar refractivity (Wildman–Crippen MR) is 50.0 cm³/mol. The van der Waals surface area contributed by atoms with E-state index in [1.165, 1.54) is 5.01 Å². The van der Waals surface area contributed by atoms with Gasteiger partial charge in [-0.15, -0.1) is 0 Å². The van der Waals surface area contributed by atoms with Gasteiger partial charge in [-0.1, -0.05) is 13.8 Å². The van der Waals surface area contributed by atoms with Gasteiger partial charge in [-0.3, -0.25) is 4.79 Å². The first-order valence-corrected chi connectivity index (χ1v) is 4.45. The van der Waals surface area contributed by atoms with Crippen LogP contribution in [0.3, 0.4) is 0 Å². The molecule has 1 N–H and O–H groups in total. The minimum absolute atomic E-state index is 0.137. The minimum Gasteiger partial charge on any atom is -0.369 e. The molecule has 13 heavy (non-hydrogen) atoms. The number of carbonyl (C=O) groups excluding carboxylic acids is 1. The molecule has 0 aliphatic carbocycles. The maximum atomic E-state index is 11.6. The summed E-state index contributed by atoms with van der Waals surface area (Å²) in [5.74, 6) is -0.275. The van der Waals surface area contributed by atoms with Crippen LogP contribution in [0.25, 0.3) is 0 Å². The standard InChI is InChI=1S/C9H16N2O2/c1-6(2)8(12)11-9(4,13)5-7(3)10-11/h6,13H,5H2,1-4H3. The molecule has 1 aliphatic heterocycles. The van der Waals surface area contributed by atoms with Crippen molar-refractivity contribution in [3.8, 4) is 0 Å². The molecule has 74 valence electrons. The van der Waals surface area contributed by atoms with Crippen LogP contribution < -0.4 is 0 Å². The van der Waals surface area contributed by atoms with Crippen molar-refractivity contribution >= 4 is 11.6 Å². The molecule has 0 fully saturated rings. The second-order valence-corrected chi connectivity index (χ2v) is 4.03. The Bertz CT molecular complexity index is 256. The summed E-state index contributed by atoms with van der Waals surface area (Å²) in [5, 5.41) is 15.0. The molecule has 0 aromatic carbocycles. The Morgan fingerprint density at radius 1 is 1.69 bits per heavy atom. The van der Waals surface area contributed by atoms with Crippen LogP contribution >= 0.6 is 0 Å². The highest BCUT2D eigenvalue weighted by Gasteiger charge is 2.39. The van der Waals surface area contributed by atoms with E-state index in [4.69, 9.17) is 0 Å². The van der Waals surface area contributed by atoms with Crippen LogP contribution in [0.4, 0.5) is 0 Å². The van der Waals surface area contributed by atoms with Gasteiger partial charge in [-0.2, -0.15) is 5.10 Å². The first-order valence-electron chi connectivity index (χ1n) is 4.45. The van der Waals surface area contributed by atoms with Crippen molar-refractivity contribution in [1.82, 2.24) is 5.01 Å². The number of carbonyl (C=O) groups is 1. The zero-order chi connectivity index (χ0) is 10.2. The maximum Gasteiger partial charge on any atom is 0.247 e. The smallest absolute Gasteiger partial charge is 0.247 e. The van der Waals surface area contributed by atoms with Crippen molar-refractivity contribution in [2.45, 2.75) is 39.8 Å². The number of hydrazone groups is 1. The summed E-state index contributed by atoms with van der Waals surface area (Å²) in [6.07, 6.45) is 0.436. The van der Waals surface area contributed by atoms with Crippen molar-refractivity contribution in [2.24, 2.45) is 11.0 Å². The van der Waals surface area contributed by atoms with Gasteiger partial charge in [0, 0.05) is 18.1 Å². The van der Waals surface area contributed by atoms with Gasteiger partial charge in [-0.25, -0.2) is 5.01 Å². The third-order valence-electron chi connectivity index (χ3n) is 2.02. The molecule has 4 heteroatoms. The maximum absolute atomic E-state index is 11.6. The quantitative estimate of drug-likeness (QED) is 0.660. The molecular weight excluding hydrogens is 168 g/mol. The van der Waals surface area contributed by atoms with E-state index in [1.54, 1.807) is 20.8 Å². The zero-order valence-electron chi connectivity index (χ0n) is 8.53. The molecule has 0 bridgehead atoms. The largest absolute Gasteiger partial charge is 0.369 e. The summed E-state index contributed by atoms with van der Waals surface area (Å²) in [7, 11) is 0. The van der Waals surface area contributed by atoms with Gasteiger partial charge < -0.3 is 5.11 Å². The first kappa shape index (κ1) is 10.2. The molecule has 1 aliphatic rings. The van der Waals surface area contributed by atoms with E-state index in [-0.39, 0.29) is 11.8 Å². The van der Waals surface area contributed by atoms with E-state index in [1.807, 2.05) is 6.92 Å². The fourth-order valence-electron chi connectivity index (χ4n) is 1.40. The molecule has 0 saturated heterocycles. The summed E-state index contributed by atoms with van der Waals surface area (Å²) in [6.45, 7) is 7.00. The van der Waals surface area contributed by atoms with E-state index in [2.05, 4.69) is 5.10 Å². The highest BCUT2D eigenvalue weighted by atomic mass is 16.3. The van der Waals surface area contributed by atoms with Crippen LogP contribution in [0.1, 0.15) is 34.1 Å². The number of amides is 1. The molecule has 1 rings (SSSR count). The molecule has 0 aromatic heterocycles. The lowest BCUT2D eigenvalue weighted by atomic mass is 10.1. The van der Waals surface area contributed by atoms with Gasteiger partial charge in [0.05, 0.1) is 0 Å². The van der Waals surface area contributed by atoms with Gasteiger partial charge in [0.25, 0.3) is 0 Å². The average molecular weight is 184 g/mol. The second kappa shape index (κ2) is 3.10. The van der Waals surface area contributed by atoms with Crippen molar-refractivity contribution in [3.63, 3.8) is 0 Å². The Morgan fingerprint density at radius 2 is 2.23 bits per heavy atom. The fraction of sp³-hybridized carbons (Fsp3) is 0.778. The molecule has 4 nitrogen and oxygen atoms in total. The number of hydrogen-bond donors (Lipinski definition) is 1. The lowest BCUT2D eigenvalue weighted by Gasteiger charge is -2.28. The highest BCUT2D eigenvalue weighted by molar-refractivity contribution is 5.89. The SMILES string of the molecule is CC1=NN(C(=O)C(C)C)C(C)(O)C1. The summed E-state index contributed by atoms with van der Waals surface area (Å²) >= 11 is 0. The van der Waals surface area contributed by atoms with Crippen molar-refractivity contribution in [2.75, 3.05) is 0 Å². The van der Waals surface area contributed by atoms with E-state index < -0.39 is 5.72 Å². The Kier molecular flexibility index (Phi) is 2.43. The molecule has 0 radical (unpaired) electrons. The van der Waals surface area contributed by atoms with Crippen molar-refractivity contribution < 1.29 is 9.90 Å². The third-order valence-corrected chi connectivity index (χ3v) is 2.02. The van der Waals surface area contributed by atoms with E-state index in [0.29, 0.717) is 6.42 Å². The molecule has 1 heterocycles.